The SMILES string of the molecule is CNCC1COc2cccc(OC)c2O1.Cl. The highest BCUT2D eigenvalue weighted by Gasteiger charge is 2.23. The predicted molar refractivity (Wildman–Crippen MR) is 64.1 cm³/mol. The van der Waals surface area contributed by atoms with Gasteiger partial charge in [-0.2, -0.15) is 0 Å². The Balaban J connectivity index is 0.00000128. The van der Waals surface area contributed by atoms with Crippen LogP contribution in [-0.4, -0.2) is 33.4 Å². The van der Waals surface area contributed by atoms with Crippen LogP contribution < -0.4 is 19.5 Å². The lowest BCUT2D eigenvalue weighted by molar-refractivity contribution is 0.0879. The normalized spacial score (nSPS) is 17.5. The average Bonchev–Trinajstić information content (AvgIpc) is 2.28. The molecule has 0 amide bonds. The molecule has 0 aromatic heterocycles. The van der Waals surface area contributed by atoms with E-state index in [4.69, 9.17) is 14.2 Å². The molecule has 0 spiro atoms. The van der Waals surface area contributed by atoms with E-state index in [9.17, 15) is 0 Å². The molecule has 16 heavy (non-hydrogen) atoms. The lowest BCUT2D eigenvalue weighted by Gasteiger charge is -2.27. The van der Waals surface area contributed by atoms with Crippen molar-refractivity contribution in [2.24, 2.45) is 0 Å². The Morgan fingerprint density at radius 3 is 3.00 bits per heavy atom. The summed E-state index contributed by atoms with van der Waals surface area (Å²) in [7, 11) is 3.52. The number of para-hydroxylation sites is 1. The fourth-order valence-electron chi connectivity index (χ4n) is 1.60. The van der Waals surface area contributed by atoms with E-state index < -0.39 is 0 Å². The second-order valence-corrected chi connectivity index (χ2v) is 3.40. The van der Waals surface area contributed by atoms with Crippen LogP contribution in [-0.2, 0) is 0 Å². The van der Waals surface area contributed by atoms with Gasteiger partial charge in [-0.3, -0.25) is 0 Å². The van der Waals surface area contributed by atoms with Gasteiger partial charge in [-0.05, 0) is 19.2 Å². The molecule has 1 aromatic carbocycles. The Hall–Kier alpha value is -1.13. The van der Waals surface area contributed by atoms with Gasteiger partial charge in [-0.15, -0.1) is 12.4 Å². The number of rotatable bonds is 3. The molecule has 1 aliphatic rings. The number of likely N-dealkylation sites (N-methyl/N-ethyl adjacent to an activating group) is 1. The van der Waals surface area contributed by atoms with Crippen LogP contribution >= 0.6 is 12.4 Å². The van der Waals surface area contributed by atoms with E-state index in [0.29, 0.717) is 18.1 Å². The Morgan fingerprint density at radius 1 is 1.50 bits per heavy atom. The molecule has 1 aromatic rings. The Kier molecular flexibility index (Phi) is 4.71. The van der Waals surface area contributed by atoms with Gasteiger partial charge in [0, 0.05) is 6.54 Å². The summed E-state index contributed by atoms with van der Waals surface area (Å²) in [5.74, 6) is 2.17. The van der Waals surface area contributed by atoms with E-state index >= 15 is 0 Å². The molecular formula is C11H16ClNO3. The molecule has 1 heterocycles. The summed E-state index contributed by atoms with van der Waals surface area (Å²) in [6.07, 6.45) is 0.0406. The largest absolute Gasteiger partial charge is 0.493 e. The van der Waals surface area contributed by atoms with E-state index in [-0.39, 0.29) is 18.5 Å². The van der Waals surface area contributed by atoms with Gasteiger partial charge in [0.25, 0.3) is 0 Å². The maximum atomic E-state index is 5.78. The summed E-state index contributed by atoms with van der Waals surface area (Å²) in [5.41, 5.74) is 0. The number of methoxy groups -OCH3 is 1. The van der Waals surface area contributed by atoms with Gasteiger partial charge in [0.1, 0.15) is 12.7 Å². The van der Waals surface area contributed by atoms with Gasteiger partial charge >= 0.3 is 0 Å². The third kappa shape index (κ3) is 2.51. The van der Waals surface area contributed by atoms with Crippen molar-refractivity contribution in [2.75, 3.05) is 27.3 Å². The molecule has 1 aliphatic heterocycles. The number of hydrogen-bond acceptors (Lipinski definition) is 4. The van der Waals surface area contributed by atoms with Crippen molar-refractivity contribution in [1.82, 2.24) is 5.32 Å². The molecule has 0 saturated heterocycles. The second kappa shape index (κ2) is 5.82. The van der Waals surface area contributed by atoms with Crippen molar-refractivity contribution in [3.05, 3.63) is 18.2 Å². The van der Waals surface area contributed by atoms with Gasteiger partial charge in [-0.25, -0.2) is 0 Å². The summed E-state index contributed by atoms with van der Waals surface area (Å²) in [6, 6.07) is 5.64. The highest BCUT2D eigenvalue weighted by molar-refractivity contribution is 5.85. The van der Waals surface area contributed by atoms with Gasteiger partial charge in [-0.1, -0.05) is 6.07 Å². The summed E-state index contributed by atoms with van der Waals surface area (Å²) in [4.78, 5) is 0. The number of benzene rings is 1. The van der Waals surface area contributed by atoms with Crippen LogP contribution in [0, 0.1) is 0 Å². The zero-order valence-corrected chi connectivity index (χ0v) is 10.2. The van der Waals surface area contributed by atoms with E-state index in [2.05, 4.69) is 5.32 Å². The van der Waals surface area contributed by atoms with Crippen LogP contribution in [0.25, 0.3) is 0 Å². The standard InChI is InChI=1S/C11H15NO3.ClH/c1-12-6-8-7-14-10-5-3-4-9(13-2)11(10)15-8;/h3-5,8,12H,6-7H2,1-2H3;1H. The third-order valence-corrected chi connectivity index (χ3v) is 2.30. The van der Waals surface area contributed by atoms with Crippen molar-refractivity contribution in [1.29, 1.82) is 0 Å². The molecule has 1 N–H and O–H groups in total. The number of nitrogens with one attached hydrogen (secondary N) is 1. The molecule has 1 unspecified atom stereocenters. The molecule has 90 valence electrons. The molecule has 0 radical (unpaired) electrons. The number of halogens is 1. The molecule has 0 bridgehead atoms. The second-order valence-electron chi connectivity index (χ2n) is 3.40. The Morgan fingerprint density at radius 2 is 2.31 bits per heavy atom. The van der Waals surface area contributed by atoms with Gasteiger partial charge < -0.3 is 19.5 Å². The first-order valence-electron chi connectivity index (χ1n) is 4.96. The molecule has 0 aliphatic carbocycles. The predicted octanol–water partition coefficient (Wildman–Crippen LogP) is 1.48. The van der Waals surface area contributed by atoms with Gasteiger partial charge in [0.2, 0.25) is 5.75 Å². The molecule has 1 atom stereocenters. The minimum atomic E-state index is 0. The summed E-state index contributed by atoms with van der Waals surface area (Å²) >= 11 is 0. The highest BCUT2D eigenvalue weighted by Crippen LogP contribution is 2.39. The van der Waals surface area contributed by atoms with Crippen LogP contribution in [0.4, 0.5) is 0 Å². The van der Waals surface area contributed by atoms with E-state index in [1.54, 1.807) is 7.11 Å². The average molecular weight is 246 g/mol. The maximum Gasteiger partial charge on any atom is 0.204 e. The van der Waals surface area contributed by atoms with E-state index in [0.717, 1.165) is 12.3 Å². The molecule has 5 heteroatoms. The highest BCUT2D eigenvalue weighted by atomic mass is 35.5. The molecular weight excluding hydrogens is 230 g/mol. The first-order chi connectivity index (χ1) is 7.35. The monoisotopic (exact) mass is 245 g/mol. The molecule has 0 fully saturated rings. The number of fused-ring (bicyclic) bond motifs is 1. The Bertz CT molecular complexity index is 332. The summed E-state index contributed by atoms with van der Waals surface area (Å²) < 4.78 is 16.6. The van der Waals surface area contributed by atoms with Crippen molar-refractivity contribution < 1.29 is 14.2 Å². The van der Waals surface area contributed by atoms with Crippen LogP contribution in [0.3, 0.4) is 0 Å². The van der Waals surface area contributed by atoms with Crippen molar-refractivity contribution in [2.45, 2.75) is 6.10 Å². The van der Waals surface area contributed by atoms with Crippen molar-refractivity contribution in [3.8, 4) is 17.2 Å². The summed E-state index contributed by atoms with van der Waals surface area (Å²) in [5, 5.41) is 3.06. The zero-order chi connectivity index (χ0) is 10.7. The zero-order valence-electron chi connectivity index (χ0n) is 9.36. The Labute approximate surface area is 101 Å². The van der Waals surface area contributed by atoms with Gasteiger partial charge in [0.05, 0.1) is 7.11 Å². The van der Waals surface area contributed by atoms with E-state index in [1.807, 2.05) is 25.2 Å². The lowest BCUT2D eigenvalue weighted by Crippen LogP contribution is -2.37. The van der Waals surface area contributed by atoms with Crippen LogP contribution in [0.1, 0.15) is 0 Å². The summed E-state index contributed by atoms with van der Waals surface area (Å²) in [6.45, 7) is 1.33. The number of hydrogen-bond donors (Lipinski definition) is 1. The van der Waals surface area contributed by atoms with Crippen LogP contribution in [0.15, 0.2) is 18.2 Å². The minimum Gasteiger partial charge on any atom is -0.493 e. The fraction of sp³-hybridized carbons (Fsp3) is 0.455. The van der Waals surface area contributed by atoms with Crippen molar-refractivity contribution >= 4 is 12.4 Å². The molecule has 0 saturated carbocycles. The third-order valence-electron chi connectivity index (χ3n) is 2.30. The number of ether oxygens (including phenoxy) is 3. The van der Waals surface area contributed by atoms with Crippen LogP contribution in [0.2, 0.25) is 0 Å². The molecule has 2 rings (SSSR count). The smallest absolute Gasteiger partial charge is 0.204 e. The molecule has 4 nitrogen and oxygen atoms in total. The first kappa shape index (κ1) is 12.9. The first-order valence-corrected chi connectivity index (χ1v) is 4.96. The maximum absolute atomic E-state index is 5.78. The van der Waals surface area contributed by atoms with Crippen LogP contribution in [0.5, 0.6) is 17.2 Å². The van der Waals surface area contributed by atoms with Gasteiger partial charge in [0.15, 0.2) is 11.5 Å². The lowest BCUT2D eigenvalue weighted by atomic mass is 10.2. The quantitative estimate of drug-likeness (QED) is 0.876. The topological polar surface area (TPSA) is 39.7 Å². The van der Waals surface area contributed by atoms with Crippen molar-refractivity contribution in [3.63, 3.8) is 0 Å². The minimum absolute atomic E-state index is 0. The fourth-order valence-corrected chi connectivity index (χ4v) is 1.60. The van der Waals surface area contributed by atoms with E-state index in [1.165, 1.54) is 0 Å².